The molecule has 0 bridgehead atoms. The number of unbranched alkanes of at least 4 members (excludes halogenated alkanes) is 15. The second kappa shape index (κ2) is 17.4. The SMILES string of the molecule is CCCCCCCCCCCCCCCCCCc1c[nH]cc1C(C)CC. The van der Waals surface area contributed by atoms with E-state index in [9.17, 15) is 0 Å². The zero-order valence-electron chi connectivity index (χ0n) is 19.0. The molecule has 0 fully saturated rings. The van der Waals surface area contributed by atoms with E-state index >= 15 is 0 Å². The molecule has 0 aliphatic rings. The van der Waals surface area contributed by atoms with Gasteiger partial charge in [-0.3, -0.25) is 0 Å². The molecule has 1 aromatic heterocycles. The highest BCUT2D eigenvalue weighted by Crippen LogP contribution is 2.24. The molecule has 0 aliphatic carbocycles. The summed E-state index contributed by atoms with van der Waals surface area (Å²) in [5.41, 5.74) is 3.12. The highest BCUT2D eigenvalue weighted by Gasteiger charge is 2.09. The van der Waals surface area contributed by atoms with Crippen molar-refractivity contribution in [2.24, 2.45) is 0 Å². The maximum atomic E-state index is 3.32. The maximum Gasteiger partial charge on any atom is 0.00429 e. The highest BCUT2D eigenvalue weighted by molar-refractivity contribution is 5.26. The normalized spacial score (nSPS) is 12.6. The summed E-state index contributed by atoms with van der Waals surface area (Å²) in [7, 11) is 0. The number of hydrogen-bond donors (Lipinski definition) is 1. The lowest BCUT2D eigenvalue weighted by molar-refractivity contribution is 0.529. The monoisotopic (exact) mass is 375 g/mol. The summed E-state index contributed by atoms with van der Waals surface area (Å²) >= 11 is 0. The van der Waals surface area contributed by atoms with E-state index in [-0.39, 0.29) is 0 Å². The maximum absolute atomic E-state index is 3.32. The van der Waals surface area contributed by atoms with E-state index in [0.29, 0.717) is 5.92 Å². The first-order valence-corrected chi connectivity index (χ1v) is 12.4. The summed E-state index contributed by atoms with van der Waals surface area (Å²) in [4.78, 5) is 3.32. The molecule has 1 heterocycles. The fourth-order valence-electron chi connectivity index (χ4n) is 4.17. The molecule has 0 aromatic carbocycles. The first-order chi connectivity index (χ1) is 13.3. The smallest absolute Gasteiger partial charge is 0.00429 e. The molecule has 1 unspecified atom stereocenters. The number of H-pyrrole nitrogens is 1. The van der Waals surface area contributed by atoms with Crippen molar-refractivity contribution in [3.8, 4) is 0 Å². The van der Waals surface area contributed by atoms with Crippen LogP contribution in [0.2, 0.25) is 0 Å². The van der Waals surface area contributed by atoms with Crippen molar-refractivity contribution in [2.75, 3.05) is 0 Å². The summed E-state index contributed by atoms with van der Waals surface area (Å²) in [6, 6.07) is 0. The van der Waals surface area contributed by atoms with E-state index in [4.69, 9.17) is 0 Å². The van der Waals surface area contributed by atoms with Gasteiger partial charge in [-0.15, -0.1) is 0 Å². The van der Waals surface area contributed by atoms with E-state index in [1.165, 1.54) is 116 Å². The number of nitrogens with one attached hydrogen (secondary N) is 1. The Balaban J connectivity index is 1.83. The topological polar surface area (TPSA) is 15.8 Å². The van der Waals surface area contributed by atoms with Crippen molar-refractivity contribution < 1.29 is 0 Å². The number of aryl methyl sites for hydroxylation is 1. The Morgan fingerprint density at radius 1 is 0.630 bits per heavy atom. The quantitative estimate of drug-likeness (QED) is 0.232. The van der Waals surface area contributed by atoms with Gasteiger partial charge in [0.05, 0.1) is 0 Å². The van der Waals surface area contributed by atoms with Crippen LogP contribution in [0, 0.1) is 0 Å². The van der Waals surface area contributed by atoms with E-state index in [0.717, 1.165) is 0 Å². The van der Waals surface area contributed by atoms with Crippen molar-refractivity contribution in [1.82, 2.24) is 4.98 Å². The lowest BCUT2D eigenvalue weighted by Gasteiger charge is -2.10. The Labute approximate surface area is 171 Å². The zero-order valence-corrected chi connectivity index (χ0v) is 19.0. The number of rotatable bonds is 19. The van der Waals surface area contributed by atoms with Crippen LogP contribution < -0.4 is 0 Å². The van der Waals surface area contributed by atoms with Gasteiger partial charge in [-0.2, -0.15) is 0 Å². The lowest BCUT2D eigenvalue weighted by Crippen LogP contribution is -1.95. The molecule has 0 spiro atoms. The van der Waals surface area contributed by atoms with Gasteiger partial charge >= 0.3 is 0 Å². The zero-order chi connectivity index (χ0) is 19.6. The van der Waals surface area contributed by atoms with Gasteiger partial charge in [0, 0.05) is 12.4 Å². The van der Waals surface area contributed by atoms with Gasteiger partial charge in [-0.1, -0.05) is 117 Å². The molecular weight excluding hydrogens is 326 g/mol. The molecule has 158 valence electrons. The fraction of sp³-hybridized carbons (Fsp3) is 0.846. The molecule has 0 radical (unpaired) electrons. The molecule has 1 N–H and O–H groups in total. The Bertz CT molecular complexity index is 420. The van der Waals surface area contributed by atoms with Crippen LogP contribution in [0.1, 0.15) is 147 Å². The van der Waals surface area contributed by atoms with Gasteiger partial charge in [0.1, 0.15) is 0 Å². The van der Waals surface area contributed by atoms with E-state index < -0.39 is 0 Å². The van der Waals surface area contributed by atoms with Crippen molar-refractivity contribution in [1.29, 1.82) is 0 Å². The van der Waals surface area contributed by atoms with Gasteiger partial charge < -0.3 is 4.98 Å². The van der Waals surface area contributed by atoms with Crippen LogP contribution >= 0.6 is 0 Å². The molecule has 0 saturated heterocycles. The van der Waals surface area contributed by atoms with Gasteiger partial charge in [0.2, 0.25) is 0 Å². The molecule has 1 nitrogen and oxygen atoms in total. The molecular formula is C26H49N. The third kappa shape index (κ3) is 12.4. The largest absolute Gasteiger partial charge is 0.367 e. The number of aromatic nitrogens is 1. The lowest BCUT2D eigenvalue weighted by atomic mass is 9.95. The van der Waals surface area contributed by atoms with Crippen molar-refractivity contribution in [2.45, 2.75) is 142 Å². The predicted molar refractivity (Wildman–Crippen MR) is 123 cm³/mol. The van der Waals surface area contributed by atoms with Crippen LogP contribution in [0.5, 0.6) is 0 Å². The molecule has 0 saturated carbocycles. The second-order valence-corrected chi connectivity index (χ2v) is 8.80. The van der Waals surface area contributed by atoms with Gasteiger partial charge in [-0.05, 0) is 36.3 Å². The Morgan fingerprint density at radius 3 is 1.52 bits per heavy atom. The summed E-state index contributed by atoms with van der Waals surface area (Å²) in [6.45, 7) is 6.93. The second-order valence-electron chi connectivity index (χ2n) is 8.80. The minimum Gasteiger partial charge on any atom is -0.367 e. The summed E-state index contributed by atoms with van der Waals surface area (Å²) < 4.78 is 0. The van der Waals surface area contributed by atoms with Crippen molar-refractivity contribution in [3.63, 3.8) is 0 Å². The summed E-state index contributed by atoms with van der Waals surface area (Å²) in [6.07, 6.45) is 30.1. The summed E-state index contributed by atoms with van der Waals surface area (Å²) in [5.74, 6) is 0.701. The minimum atomic E-state index is 0.701. The van der Waals surface area contributed by atoms with Crippen molar-refractivity contribution in [3.05, 3.63) is 23.5 Å². The third-order valence-corrected chi connectivity index (χ3v) is 6.31. The predicted octanol–water partition coefficient (Wildman–Crippen LogP) is 9.33. The summed E-state index contributed by atoms with van der Waals surface area (Å²) in [5, 5.41) is 0. The molecule has 1 aromatic rings. The van der Waals surface area contributed by atoms with Crippen LogP contribution in [-0.4, -0.2) is 4.98 Å². The fourth-order valence-corrected chi connectivity index (χ4v) is 4.17. The molecule has 1 heteroatoms. The van der Waals surface area contributed by atoms with Crippen LogP contribution in [0.3, 0.4) is 0 Å². The third-order valence-electron chi connectivity index (χ3n) is 6.31. The van der Waals surface area contributed by atoms with Crippen LogP contribution in [-0.2, 0) is 6.42 Å². The number of hydrogen-bond acceptors (Lipinski definition) is 0. The van der Waals surface area contributed by atoms with Crippen LogP contribution in [0.15, 0.2) is 12.4 Å². The minimum absolute atomic E-state index is 0.701. The first-order valence-electron chi connectivity index (χ1n) is 12.4. The Morgan fingerprint density at radius 2 is 1.07 bits per heavy atom. The van der Waals surface area contributed by atoms with E-state index in [1.54, 1.807) is 11.1 Å². The van der Waals surface area contributed by atoms with Crippen LogP contribution in [0.4, 0.5) is 0 Å². The molecule has 27 heavy (non-hydrogen) atoms. The highest BCUT2D eigenvalue weighted by atomic mass is 14.6. The first kappa shape index (κ1) is 24.3. The van der Waals surface area contributed by atoms with Gasteiger partial charge in [0.25, 0.3) is 0 Å². The average Bonchev–Trinajstić information content (AvgIpc) is 3.15. The van der Waals surface area contributed by atoms with E-state index in [2.05, 4.69) is 38.1 Å². The molecule has 0 aliphatic heterocycles. The van der Waals surface area contributed by atoms with Crippen LogP contribution in [0.25, 0.3) is 0 Å². The van der Waals surface area contributed by atoms with E-state index in [1.807, 2.05) is 0 Å². The molecule has 0 amide bonds. The molecule has 1 rings (SSSR count). The Kier molecular flexibility index (Phi) is 15.7. The van der Waals surface area contributed by atoms with Gasteiger partial charge in [0.15, 0.2) is 0 Å². The standard InChI is InChI=1S/C26H49N/c1-4-6-7-8-9-10-11-12-13-14-15-16-17-18-19-20-21-25-22-27-23-26(25)24(3)5-2/h22-24,27H,4-21H2,1-3H3. The Hall–Kier alpha value is -0.720. The average molecular weight is 376 g/mol. The van der Waals surface area contributed by atoms with Gasteiger partial charge in [-0.25, -0.2) is 0 Å². The van der Waals surface area contributed by atoms with Crippen molar-refractivity contribution >= 4 is 0 Å². The molecule has 1 atom stereocenters. The number of aromatic amines is 1.